The fraction of sp³-hybridized carbons (Fsp3) is 0.391. The first-order chi connectivity index (χ1) is 15.1. The zero-order chi connectivity index (χ0) is 23.1. The molecule has 1 atom stereocenters. The van der Waals surface area contributed by atoms with Gasteiger partial charge in [-0.15, -0.1) is 0 Å². The summed E-state index contributed by atoms with van der Waals surface area (Å²) in [6.45, 7) is 2.06. The van der Waals surface area contributed by atoms with Gasteiger partial charge in [-0.2, -0.15) is 0 Å². The predicted molar refractivity (Wildman–Crippen MR) is 123 cm³/mol. The highest BCUT2D eigenvalue weighted by Gasteiger charge is 2.52. The molecule has 8 nitrogen and oxygen atoms in total. The molecule has 1 spiro atoms. The number of amides is 2. The monoisotopic (exact) mass is 456 g/mol. The molecule has 1 unspecified atom stereocenters. The molecule has 0 radical (unpaired) electrons. The standard InChI is InChI=1S/C23H28N4O4S/c1-16(17-9-11-18(12-10-17)32(24,30)31)26(2)15-21(28)27-20-8-4-3-7-19(20)25-22(29)23(27)13-5-6-14-23/h3-4,7-12,16H,5-6,13-15H2,1-2H3,(H,25,29)(H2,24,30,31). The Morgan fingerprint density at radius 1 is 1.16 bits per heavy atom. The molecular formula is C23H28N4O4S. The minimum Gasteiger partial charge on any atom is -0.322 e. The predicted octanol–water partition coefficient (Wildman–Crippen LogP) is 2.62. The minimum atomic E-state index is -3.76. The quantitative estimate of drug-likeness (QED) is 0.718. The molecule has 2 amide bonds. The number of nitrogens with one attached hydrogen (secondary N) is 1. The van der Waals surface area contributed by atoms with E-state index in [1.807, 2.05) is 43.1 Å². The first kappa shape index (κ1) is 22.4. The van der Waals surface area contributed by atoms with Gasteiger partial charge in [0.1, 0.15) is 5.54 Å². The van der Waals surface area contributed by atoms with Crippen LogP contribution in [0, 0.1) is 0 Å². The number of nitrogens with two attached hydrogens (primary N) is 1. The fourth-order valence-corrected chi connectivity index (χ4v) is 5.26. The van der Waals surface area contributed by atoms with E-state index < -0.39 is 15.6 Å². The van der Waals surface area contributed by atoms with E-state index in [4.69, 9.17) is 5.14 Å². The Morgan fingerprint density at radius 3 is 2.41 bits per heavy atom. The second-order valence-corrected chi connectivity index (χ2v) is 10.2. The Hall–Kier alpha value is -2.75. The summed E-state index contributed by atoms with van der Waals surface area (Å²) in [5, 5.41) is 8.17. The summed E-state index contributed by atoms with van der Waals surface area (Å²) in [7, 11) is -1.92. The van der Waals surface area contributed by atoms with E-state index in [0.717, 1.165) is 24.1 Å². The highest BCUT2D eigenvalue weighted by atomic mass is 32.2. The molecule has 2 aliphatic rings. The minimum absolute atomic E-state index is 0.0475. The number of sulfonamides is 1. The van der Waals surface area contributed by atoms with Crippen molar-refractivity contribution in [2.75, 3.05) is 23.8 Å². The van der Waals surface area contributed by atoms with Crippen molar-refractivity contribution in [1.29, 1.82) is 0 Å². The summed E-state index contributed by atoms with van der Waals surface area (Å²) >= 11 is 0. The van der Waals surface area contributed by atoms with Crippen molar-refractivity contribution in [1.82, 2.24) is 4.90 Å². The van der Waals surface area contributed by atoms with Crippen LogP contribution in [0.3, 0.4) is 0 Å². The second kappa shape index (κ2) is 8.31. The van der Waals surface area contributed by atoms with Crippen molar-refractivity contribution < 1.29 is 18.0 Å². The number of nitrogens with zero attached hydrogens (tertiary/aromatic N) is 2. The maximum atomic E-state index is 13.6. The van der Waals surface area contributed by atoms with Gasteiger partial charge in [0.2, 0.25) is 15.9 Å². The molecule has 1 heterocycles. The number of para-hydroxylation sites is 2. The van der Waals surface area contributed by atoms with Crippen molar-refractivity contribution in [3.8, 4) is 0 Å². The highest BCUT2D eigenvalue weighted by molar-refractivity contribution is 7.89. The zero-order valence-corrected chi connectivity index (χ0v) is 19.1. The molecule has 0 bridgehead atoms. The summed E-state index contributed by atoms with van der Waals surface area (Å²) in [5.74, 6) is -0.249. The molecule has 9 heteroatoms. The number of hydrogen-bond acceptors (Lipinski definition) is 5. The largest absolute Gasteiger partial charge is 0.322 e. The van der Waals surface area contributed by atoms with Crippen LogP contribution < -0.4 is 15.4 Å². The van der Waals surface area contributed by atoms with Crippen LogP contribution in [0.2, 0.25) is 0 Å². The lowest BCUT2D eigenvalue weighted by atomic mass is 9.89. The SMILES string of the molecule is CC(c1ccc(S(N)(=O)=O)cc1)N(C)CC(=O)N1c2ccccc2NC(=O)C12CCCC2. The molecule has 3 N–H and O–H groups in total. The van der Waals surface area contributed by atoms with E-state index in [-0.39, 0.29) is 29.3 Å². The number of anilines is 2. The van der Waals surface area contributed by atoms with Crippen molar-refractivity contribution >= 4 is 33.2 Å². The first-order valence-corrected chi connectivity index (χ1v) is 12.2. The molecule has 32 heavy (non-hydrogen) atoms. The lowest BCUT2D eigenvalue weighted by molar-refractivity contribution is -0.128. The van der Waals surface area contributed by atoms with Gasteiger partial charge in [0.05, 0.1) is 22.8 Å². The fourth-order valence-electron chi connectivity index (χ4n) is 4.74. The number of likely N-dealkylation sites (N-methyl/N-ethyl adjacent to an activating group) is 1. The average Bonchev–Trinajstić information content (AvgIpc) is 3.24. The van der Waals surface area contributed by atoms with Gasteiger partial charge in [-0.05, 0) is 56.6 Å². The van der Waals surface area contributed by atoms with Crippen LogP contribution >= 0.6 is 0 Å². The molecule has 1 fully saturated rings. The smallest absolute Gasteiger partial charge is 0.250 e. The number of rotatable bonds is 5. The van der Waals surface area contributed by atoms with Gasteiger partial charge in [-0.1, -0.05) is 37.1 Å². The number of benzene rings is 2. The van der Waals surface area contributed by atoms with Gasteiger partial charge in [-0.25, -0.2) is 13.6 Å². The summed E-state index contributed by atoms with van der Waals surface area (Å²) in [5.41, 5.74) is 1.41. The number of fused-ring (bicyclic) bond motifs is 1. The van der Waals surface area contributed by atoms with E-state index >= 15 is 0 Å². The van der Waals surface area contributed by atoms with Crippen LogP contribution in [0.5, 0.6) is 0 Å². The summed E-state index contributed by atoms with van der Waals surface area (Å²) < 4.78 is 23.0. The van der Waals surface area contributed by atoms with E-state index in [1.165, 1.54) is 12.1 Å². The molecule has 1 aliphatic heterocycles. The Bertz CT molecular complexity index is 1140. The molecule has 2 aromatic carbocycles. The van der Waals surface area contributed by atoms with Crippen molar-refractivity contribution in [2.45, 2.75) is 49.1 Å². The lowest BCUT2D eigenvalue weighted by Crippen LogP contribution is -2.62. The van der Waals surface area contributed by atoms with Gasteiger partial charge in [-0.3, -0.25) is 19.4 Å². The molecule has 0 aromatic heterocycles. The van der Waals surface area contributed by atoms with E-state index in [2.05, 4.69) is 5.32 Å². The molecule has 1 saturated carbocycles. The van der Waals surface area contributed by atoms with E-state index in [0.29, 0.717) is 18.5 Å². The van der Waals surface area contributed by atoms with Crippen LogP contribution in [0.1, 0.15) is 44.2 Å². The number of carbonyl (C=O) groups is 2. The van der Waals surface area contributed by atoms with Crippen molar-refractivity contribution in [3.63, 3.8) is 0 Å². The topological polar surface area (TPSA) is 113 Å². The molecule has 2 aromatic rings. The van der Waals surface area contributed by atoms with Crippen LogP contribution in [0.25, 0.3) is 0 Å². The molecule has 4 rings (SSSR count). The Labute approximate surface area is 188 Å². The molecule has 1 aliphatic carbocycles. The number of primary sulfonamides is 1. The first-order valence-electron chi connectivity index (χ1n) is 10.7. The summed E-state index contributed by atoms with van der Waals surface area (Å²) in [4.78, 5) is 30.3. The van der Waals surface area contributed by atoms with Gasteiger partial charge in [0, 0.05) is 6.04 Å². The Morgan fingerprint density at radius 2 is 1.78 bits per heavy atom. The van der Waals surface area contributed by atoms with Gasteiger partial charge >= 0.3 is 0 Å². The van der Waals surface area contributed by atoms with Gasteiger partial charge in [0.15, 0.2) is 0 Å². The normalized spacial score (nSPS) is 18.5. The van der Waals surface area contributed by atoms with E-state index in [9.17, 15) is 18.0 Å². The van der Waals surface area contributed by atoms with Crippen LogP contribution in [0.15, 0.2) is 53.4 Å². The lowest BCUT2D eigenvalue weighted by Gasteiger charge is -2.45. The van der Waals surface area contributed by atoms with Crippen molar-refractivity contribution in [3.05, 3.63) is 54.1 Å². The summed E-state index contributed by atoms with van der Waals surface area (Å²) in [6, 6.07) is 13.6. The third-order valence-electron chi connectivity index (χ3n) is 6.66. The van der Waals surface area contributed by atoms with Crippen LogP contribution in [-0.2, 0) is 19.6 Å². The van der Waals surface area contributed by atoms with E-state index in [1.54, 1.807) is 17.0 Å². The van der Waals surface area contributed by atoms with Crippen LogP contribution in [-0.4, -0.2) is 44.3 Å². The summed E-state index contributed by atoms with van der Waals surface area (Å²) in [6.07, 6.45) is 3.10. The van der Waals surface area contributed by atoms with Gasteiger partial charge in [0.25, 0.3) is 5.91 Å². The second-order valence-electron chi connectivity index (χ2n) is 8.64. The molecular weight excluding hydrogens is 428 g/mol. The molecule has 170 valence electrons. The maximum Gasteiger partial charge on any atom is 0.250 e. The van der Waals surface area contributed by atoms with Crippen LogP contribution in [0.4, 0.5) is 11.4 Å². The zero-order valence-electron chi connectivity index (χ0n) is 18.2. The Balaban J connectivity index is 1.58. The third-order valence-corrected chi connectivity index (χ3v) is 7.59. The number of carbonyl (C=O) groups excluding carboxylic acids is 2. The van der Waals surface area contributed by atoms with Crippen molar-refractivity contribution in [2.24, 2.45) is 5.14 Å². The third kappa shape index (κ3) is 3.92. The Kier molecular flexibility index (Phi) is 5.83. The highest BCUT2D eigenvalue weighted by Crippen LogP contribution is 2.45. The molecule has 0 saturated heterocycles. The van der Waals surface area contributed by atoms with Gasteiger partial charge < -0.3 is 5.32 Å². The maximum absolute atomic E-state index is 13.6. The number of hydrogen-bond donors (Lipinski definition) is 2. The average molecular weight is 457 g/mol.